The Kier molecular flexibility index (Phi) is 5.04. The number of nitrogens with one attached hydrogen (secondary N) is 1. The van der Waals surface area contributed by atoms with Crippen LogP contribution < -0.4 is 5.32 Å². The average molecular weight is 274 g/mol. The normalized spacial score (nSPS) is 27.1. The van der Waals surface area contributed by atoms with Crippen LogP contribution in [0.4, 0.5) is 0 Å². The summed E-state index contributed by atoms with van der Waals surface area (Å²) in [5.41, 5.74) is 0. The predicted octanol–water partition coefficient (Wildman–Crippen LogP) is 1.58. The SMILES string of the molecule is CNCCCS(=O)(=O)N1CCCC1C1CCCC1. The summed E-state index contributed by atoms with van der Waals surface area (Å²) < 4.78 is 26.6. The van der Waals surface area contributed by atoms with Crippen LogP contribution in [0.15, 0.2) is 0 Å². The zero-order chi connectivity index (χ0) is 13.0. The summed E-state index contributed by atoms with van der Waals surface area (Å²) in [5.74, 6) is 0.934. The van der Waals surface area contributed by atoms with E-state index < -0.39 is 10.0 Å². The van der Waals surface area contributed by atoms with Gasteiger partial charge in [0.2, 0.25) is 10.0 Å². The lowest BCUT2D eigenvalue weighted by Gasteiger charge is -2.28. The molecule has 5 heteroatoms. The fourth-order valence-electron chi connectivity index (χ4n) is 3.47. The van der Waals surface area contributed by atoms with E-state index in [0.29, 0.717) is 24.1 Å². The van der Waals surface area contributed by atoms with Crippen LogP contribution in [-0.4, -0.2) is 44.7 Å². The van der Waals surface area contributed by atoms with Crippen LogP contribution in [0.5, 0.6) is 0 Å². The van der Waals surface area contributed by atoms with Crippen LogP contribution in [-0.2, 0) is 10.0 Å². The Bertz CT molecular complexity index is 350. The molecule has 1 saturated carbocycles. The Morgan fingerprint density at radius 1 is 1.17 bits per heavy atom. The van der Waals surface area contributed by atoms with Gasteiger partial charge in [-0.2, -0.15) is 4.31 Å². The molecule has 0 aromatic heterocycles. The number of hydrogen-bond acceptors (Lipinski definition) is 3. The highest BCUT2D eigenvalue weighted by Crippen LogP contribution is 2.36. The minimum atomic E-state index is -3.03. The molecular weight excluding hydrogens is 248 g/mol. The molecule has 1 aliphatic carbocycles. The van der Waals surface area contributed by atoms with E-state index in [1.165, 1.54) is 25.7 Å². The molecule has 0 bridgehead atoms. The van der Waals surface area contributed by atoms with Crippen LogP contribution in [0.25, 0.3) is 0 Å². The van der Waals surface area contributed by atoms with Gasteiger partial charge in [0.05, 0.1) is 5.75 Å². The molecule has 0 aromatic rings. The molecule has 4 nitrogen and oxygen atoms in total. The van der Waals surface area contributed by atoms with E-state index in [1.807, 2.05) is 11.4 Å². The second-order valence-electron chi connectivity index (χ2n) is 5.64. The Hall–Kier alpha value is -0.130. The van der Waals surface area contributed by atoms with Gasteiger partial charge in [0.1, 0.15) is 0 Å². The van der Waals surface area contributed by atoms with E-state index in [1.54, 1.807) is 0 Å². The lowest BCUT2D eigenvalue weighted by Crippen LogP contribution is -2.41. The highest BCUT2D eigenvalue weighted by molar-refractivity contribution is 7.89. The first-order valence-electron chi connectivity index (χ1n) is 7.29. The van der Waals surface area contributed by atoms with Gasteiger partial charge in [-0.05, 0) is 51.6 Å². The van der Waals surface area contributed by atoms with Crippen molar-refractivity contribution < 1.29 is 8.42 Å². The van der Waals surface area contributed by atoms with Crippen molar-refractivity contribution in [2.45, 2.75) is 51.0 Å². The summed E-state index contributed by atoms with van der Waals surface area (Å²) in [6, 6.07) is 0.312. The zero-order valence-corrected chi connectivity index (χ0v) is 12.2. The first-order valence-corrected chi connectivity index (χ1v) is 8.90. The molecule has 106 valence electrons. The summed E-state index contributed by atoms with van der Waals surface area (Å²) in [7, 11) is -1.16. The maximum Gasteiger partial charge on any atom is 0.214 e. The summed E-state index contributed by atoms with van der Waals surface area (Å²) in [5, 5.41) is 3.01. The van der Waals surface area contributed by atoms with E-state index >= 15 is 0 Å². The molecule has 1 unspecified atom stereocenters. The lowest BCUT2D eigenvalue weighted by atomic mass is 9.97. The van der Waals surface area contributed by atoms with Gasteiger partial charge in [-0.15, -0.1) is 0 Å². The Labute approximate surface area is 111 Å². The number of hydrogen-bond donors (Lipinski definition) is 1. The van der Waals surface area contributed by atoms with E-state index in [0.717, 1.165) is 25.9 Å². The van der Waals surface area contributed by atoms with Crippen LogP contribution in [0.2, 0.25) is 0 Å². The van der Waals surface area contributed by atoms with Gasteiger partial charge < -0.3 is 5.32 Å². The molecule has 2 aliphatic rings. The molecule has 18 heavy (non-hydrogen) atoms. The molecule has 1 N–H and O–H groups in total. The van der Waals surface area contributed by atoms with Crippen LogP contribution in [0, 0.1) is 5.92 Å². The standard InChI is InChI=1S/C13H26N2O2S/c1-14-9-5-11-18(16,17)15-10-4-8-13(15)12-6-2-3-7-12/h12-14H,2-11H2,1H3. The van der Waals surface area contributed by atoms with E-state index in [9.17, 15) is 8.42 Å². The predicted molar refractivity (Wildman–Crippen MR) is 74.0 cm³/mol. The quantitative estimate of drug-likeness (QED) is 0.748. The van der Waals surface area contributed by atoms with Crippen molar-refractivity contribution in [1.82, 2.24) is 9.62 Å². The monoisotopic (exact) mass is 274 g/mol. The lowest BCUT2D eigenvalue weighted by molar-refractivity contribution is 0.288. The third-order valence-corrected chi connectivity index (χ3v) is 6.35. The zero-order valence-electron chi connectivity index (χ0n) is 11.4. The molecule has 0 radical (unpaired) electrons. The smallest absolute Gasteiger partial charge is 0.214 e. The maximum absolute atomic E-state index is 12.4. The Balaban J connectivity index is 1.96. The van der Waals surface area contributed by atoms with Gasteiger partial charge in [-0.3, -0.25) is 0 Å². The van der Waals surface area contributed by atoms with Crippen molar-refractivity contribution in [1.29, 1.82) is 0 Å². The van der Waals surface area contributed by atoms with Gasteiger partial charge in [-0.1, -0.05) is 12.8 Å². The van der Waals surface area contributed by atoms with E-state index in [4.69, 9.17) is 0 Å². The topological polar surface area (TPSA) is 49.4 Å². The van der Waals surface area contributed by atoms with Gasteiger partial charge >= 0.3 is 0 Å². The first kappa shape index (κ1) is 14.3. The fourth-order valence-corrected chi connectivity index (χ4v) is 5.31. The number of rotatable bonds is 6. The van der Waals surface area contributed by atoms with Gasteiger partial charge in [0.25, 0.3) is 0 Å². The molecular formula is C13H26N2O2S. The third-order valence-electron chi connectivity index (χ3n) is 4.38. The Morgan fingerprint density at radius 3 is 2.56 bits per heavy atom. The molecule has 1 heterocycles. The van der Waals surface area contributed by atoms with Gasteiger partial charge in [-0.25, -0.2) is 8.42 Å². The summed E-state index contributed by atoms with van der Waals surface area (Å²) in [6.45, 7) is 1.53. The molecule has 0 amide bonds. The second-order valence-corrected chi connectivity index (χ2v) is 7.68. The van der Waals surface area contributed by atoms with Crippen molar-refractivity contribution in [2.75, 3.05) is 25.9 Å². The minimum absolute atomic E-state index is 0.303. The number of nitrogens with zero attached hydrogens (tertiary/aromatic N) is 1. The van der Waals surface area contributed by atoms with E-state index in [2.05, 4.69) is 5.32 Å². The largest absolute Gasteiger partial charge is 0.320 e. The summed E-state index contributed by atoms with van der Waals surface area (Å²) >= 11 is 0. The van der Waals surface area contributed by atoms with Crippen LogP contribution >= 0.6 is 0 Å². The number of sulfonamides is 1. The second kappa shape index (κ2) is 6.35. The van der Waals surface area contributed by atoms with Crippen molar-refractivity contribution in [3.05, 3.63) is 0 Å². The van der Waals surface area contributed by atoms with Gasteiger partial charge in [0, 0.05) is 12.6 Å². The molecule has 2 fully saturated rings. The third kappa shape index (κ3) is 3.25. The molecule has 1 atom stereocenters. The van der Waals surface area contributed by atoms with E-state index in [-0.39, 0.29) is 0 Å². The maximum atomic E-state index is 12.4. The molecule has 0 aromatic carbocycles. The van der Waals surface area contributed by atoms with Crippen LogP contribution in [0.3, 0.4) is 0 Å². The minimum Gasteiger partial charge on any atom is -0.320 e. The molecule has 1 aliphatic heterocycles. The van der Waals surface area contributed by atoms with Crippen LogP contribution in [0.1, 0.15) is 44.9 Å². The average Bonchev–Trinajstić information content (AvgIpc) is 3.00. The van der Waals surface area contributed by atoms with Crippen molar-refractivity contribution in [2.24, 2.45) is 5.92 Å². The molecule has 0 spiro atoms. The highest BCUT2D eigenvalue weighted by Gasteiger charge is 2.39. The first-order chi connectivity index (χ1) is 8.65. The fraction of sp³-hybridized carbons (Fsp3) is 1.00. The molecule has 1 saturated heterocycles. The van der Waals surface area contributed by atoms with Crippen molar-refractivity contribution in [3.63, 3.8) is 0 Å². The summed E-state index contributed by atoms with van der Waals surface area (Å²) in [4.78, 5) is 0. The summed E-state index contributed by atoms with van der Waals surface area (Å²) in [6.07, 6.45) is 7.87. The van der Waals surface area contributed by atoms with Crippen molar-refractivity contribution in [3.8, 4) is 0 Å². The molecule has 2 rings (SSSR count). The van der Waals surface area contributed by atoms with Gasteiger partial charge in [0.15, 0.2) is 0 Å². The Morgan fingerprint density at radius 2 is 1.89 bits per heavy atom. The van der Waals surface area contributed by atoms with Crippen molar-refractivity contribution >= 4 is 10.0 Å². The highest BCUT2D eigenvalue weighted by atomic mass is 32.2.